The van der Waals surface area contributed by atoms with Crippen LogP contribution in [-0.2, 0) is 14.3 Å². The fourth-order valence-corrected chi connectivity index (χ4v) is 4.65. The quantitative estimate of drug-likeness (QED) is 0.778. The average Bonchev–Trinajstić information content (AvgIpc) is 3.10. The summed E-state index contributed by atoms with van der Waals surface area (Å²) in [5, 5.41) is 0.208. The van der Waals surface area contributed by atoms with Crippen LogP contribution in [-0.4, -0.2) is 53.9 Å². The van der Waals surface area contributed by atoms with Crippen molar-refractivity contribution in [2.45, 2.75) is 55.6 Å². The molecule has 1 aliphatic carbocycles. The second-order valence-electron chi connectivity index (χ2n) is 5.79. The molecule has 1 saturated carbocycles. The molecule has 0 aromatic heterocycles. The highest BCUT2D eigenvalue weighted by Crippen LogP contribution is 2.38. The standard InChI is InChI=1S/C14H23NO3S/c1-15(13(16)12-3-2-10-19-12)11-4-6-14(7-5-11)17-8-9-18-14/h11-12H,2-10H2,1H3. The molecule has 0 bridgehead atoms. The first-order valence-electron chi connectivity index (χ1n) is 7.36. The Bertz CT molecular complexity index is 328. The molecule has 2 aliphatic heterocycles. The molecule has 4 nitrogen and oxygen atoms in total. The minimum atomic E-state index is -0.317. The van der Waals surface area contributed by atoms with E-state index in [-0.39, 0.29) is 11.0 Å². The first kappa shape index (κ1) is 13.7. The van der Waals surface area contributed by atoms with E-state index in [1.807, 2.05) is 23.7 Å². The van der Waals surface area contributed by atoms with Gasteiger partial charge in [-0.1, -0.05) is 0 Å². The van der Waals surface area contributed by atoms with Crippen molar-refractivity contribution in [2.24, 2.45) is 0 Å². The molecule has 1 amide bonds. The molecule has 19 heavy (non-hydrogen) atoms. The molecule has 2 heterocycles. The highest BCUT2D eigenvalue weighted by Gasteiger charge is 2.42. The normalized spacial score (nSPS) is 30.9. The van der Waals surface area contributed by atoms with Crippen molar-refractivity contribution in [2.75, 3.05) is 26.0 Å². The van der Waals surface area contributed by atoms with Gasteiger partial charge in [0.2, 0.25) is 5.91 Å². The molecule has 108 valence electrons. The number of hydrogen-bond acceptors (Lipinski definition) is 4. The molecular formula is C14H23NO3S. The Morgan fingerprint density at radius 1 is 1.21 bits per heavy atom. The fourth-order valence-electron chi connectivity index (χ4n) is 3.39. The smallest absolute Gasteiger partial charge is 0.235 e. The lowest BCUT2D eigenvalue weighted by Gasteiger charge is -2.39. The molecule has 0 aromatic carbocycles. The third-order valence-corrected chi connectivity index (χ3v) is 6.00. The Labute approximate surface area is 119 Å². The van der Waals surface area contributed by atoms with Gasteiger partial charge in [0.15, 0.2) is 5.79 Å². The number of carbonyl (C=O) groups is 1. The van der Waals surface area contributed by atoms with E-state index in [0.29, 0.717) is 11.9 Å². The van der Waals surface area contributed by atoms with Crippen molar-refractivity contribution in [3.63, 3.8) is 0 Å². The van der Waals surface area contributed by atoms with Crippen LogP contribution in [0.3, 0.4) is 0 Å². The molecule has 0 radical (unpaired) electrons. The van der Waals surface area contributed by atoms with Gasteiger partial charge >= 0.3 is 0 Å². The van der Waals surface area contributed by atoms with Crippen molar-refractivity contribution in [1.29, 1.82) is 0 Å². The van der Waals surface area contributed by atoms with Gasteiger partial charge in [-0.25, -0.2) is 0 Å². The first-order valence-corrected chi connectivity index (χ1v) is 8.41. The summed E-state index contributed by atoms with van der Waals surface area (Å²) >= 11 is 1.82. The van der Waals surface area contributed by atoms with Gasteiger partial charge in [-0.2, -0.15) is 0 Å². The zero-order valence-electron chi connectivity index (χ0n) is 11.6. The zero-order chi connectivity index (χ0) is 13.3. The van der Waals surface area contributed by atoms with Gasteiger partial charge in [0.25, 0.3) is 0 Å². The summed E-state index contributed by atoms with van der Waals surface area (Å²) < 4.78 is 11.5. The van der Waals surface area contributed by atoms with E-state index in [4.69, 9.17) is 9.47 Å². The van der Waals surface area contributed by atoms with Crippen LogP contribution >= 0.6 is 11.8 Å². The SMILES string of the molecule is CN(C(=O)C1CCCS1)C1CCC2(CC1)OCCO2. The lowest BCUT2D eigenvalue weighted by Crippen LogP contribution is -2.46. The maximum Gasteiger partial charge on any atom is 0.235 e. The van der Waals surface area contributed by atoms with Crippen molar-refractivity contribution >= 4 is 17.7 Å². The molecule has 1 spiro atoms. The topological polar surface area (TPSA) is 38.8 Å². The third-order valence-electron chi connectivity index (χ3n) is 4.63. The van der Waals surface area contributed by atoms with E-state index in [0.717, 1.165) is 51.1 Å². The largest absolute Gasteiger partial charge is 0.348 e. The number of amides is 1. The fraction of sp³-hybridized carbons (Fsp3) is 0.929. The second kappa shape index (κ2) is 5.62. The number of ether oxygens (including phenoxy) is 2. The molecule has 1 atom stereocenters. The van der Waals surface area contributed by atoms with E-state index in [9.17, 15) is 4.79 Å². The summed E-state index contributed by atoms with van der Waals surface area (Å²) in [7, 11) is 1.97. The number of rotatable bonds is 2. The highest BCUT2D eigenvalue weighted by atomic mass is 32.2. The van der Waals surface area contributed by atoms with Crippen molar-refractivity contribution in [3.8, 4) is 0 Å². The molecule has 0 N–H and O–H groups in total. The molecule has 0 aromatic rings. The monoisotopic (exact) mass is 285 g/mol. The van der Waals surface area contributed by atoms with Crippen molar-refractivity contribution < 1.29 is 14.3 Å². The third kappa shape index (κ3) is 2.78. The highest BCUT2D eigenvalue weighted by molar-refractivity contribution is 8.00. The van der Waals surface area contributed by atoms with Crippen LogP contribution in [0.15, 0.2) is 0 Å². The molecule has 2 saturated heterocycles. The summed E-state index contributed by atoms with van der Waals surface area (Å²) in [6, 6.07) is 0.368. The maximum absolute atomic E-state index is 12.4. The van der Waals surface area contributed by atoms with Crippen molar-refractivity contribution in [1.82, 2.24) is 4.90 Å². The van der Waals surface area contributed by atoms with E-state index >= 15 is 0 Å². The second-order valence-corrected chi connectivity index (χ2v) is 7.10. The predicted octanol–water partition coefficient (Wildman–Crippen LogP) is 2.03. The summed E-state index contributed by atoms with van der Waals surface area (Å²) in [5.41, 5.74) is 0. The summed E-state index contributed by atoms with van der Waals surface area (Å²) in [4.78, 5) is 14.4. The molecular weight excluding hydrogens is 262 g/mol. The number of carbonyl (C=O) groups excluding carboxylic acids is 1. The van der Waals surface area contributed by atoms with Gasteiger partial charge in [-0.05, 0) is 31.4 Å². The summed E-state index contributed by atoms with van der Waals surface area (Å²) in [5.74, 6) is 1.15. The maximum atomic E-state index is 12.4. The Hall–Kier alpha value is -0.260. The van der Waals surface area contributed by atoms with Crippen LogP contribution in [0.2, 0.25) is 0 Å². The summed E-state index contributed by atoms with van der Waals surface area (Å²) in [6.07, 6.45) is 6.08. The van der Waals surface area contributed by atoms with Gasteiger partial charge in [0.05, 0.1) is 18.5 Å². The van der Waals surface area contributed by atoms with Crippen molar-refractivity contribution in [3.05, 3.63) is 0 Å². The lowest BCUT2D eigenvalue weighted by atomic mass is 9.89. The minimum absolute atomic E-state index is 0.208. The average molecular weight is 285 g/mol. The zero-order valence-corrected chi connectivity index (χ0v) is 12.4. The van der Waals surface area contributed by atoms with Crippen LogP contribution in [0.5, 0.6) is 0 Å². The van der Waals surface area contributed by atoms with E-state index in [1.54, 1.807) is 0 Å². The predicted molar refractivity (Wildman–Crippen MR) is 75.1 cm³/mol. The molecule has 3 rings (SSSR count). The minimum Gasteiger partial charge on any atom is -0.348 e. The molecule has 1 unspecified atom stereocenters. The summed E-state index contributed by atoms with van der Waals surface area (Å²) in [6.45, 7) is 1.44. The van der Waals surface area contributed by atoms with Gasteiger partial charge < -0.3 is 14.4 Å². The van der Waals surface area contributed by atoms with Crippen LogP contribution in [0.25, 0.3) is 0 Å². The van der Waals surface area contributed by atoms with Crippen LogP contribution in [0.4, 0.5) is 0 Å². The van der Waals surface area contributed by atoms with Gasteiger partial charge in [0.1, 0.15) is 0 Å². The first-order chi connectivity index (χ1) is 9.20. The molecule has 3 aliphatic rings. The lowest BCUT2D eigenvalue weighted by molar-refractivity contribution is -0.184. The van der Waals surface area contributed by atoms with E-state index in [2.05, 4.69) is 0 Å². The Morgan fingerprint density at radius 2 is 1.89 bits per heavy atom. The van der Waals surface area contributed by atoms with E-state index < -0.39 is 0 Å². The number of nitrogens with zero attached hydrogens (tertiary/aromatic N) is 1. The number of thioether (sulfide) groups is 1. The Morgan fingerprint density at radius 3 is 2.47 bits per heavy atom. The van der Waals surface area contributed by atoms with Crippen LogP contribution in [0.1, 0.15) is 38.5 Å². The van der Waals surface area contributed by atoms with Crippen LogP contribution < -0.4 is 0 Å². The van der Waals surface area contributed by atoms with Crippen LogP contribution in [0, 0.1) is 0 Å². The molecule has 5 heteroatoms. The van der Waals surface area contributed by atoms with Gasteiger partial charge in [-0.3, -0.25) is 4.79 Å². The Kier molecular flexibility index (Phi) is 4.06. The van der Waals surface area contributed by atoms with Gasteiger partial charge in [-0.15, -0.1) is 11.8 Å². The van der Waals surface area contributed by atoms with E-state index in [1.165, 1.54) is 6.42 Å². The van der Waals surface area contributed by atoms with Gasteiger partial charge in [0, 0.05) is 25.9 Å². The number of hydrogen-bond donors (Lipinski definition) is 0. The molecule has 3 fully saturated rings. The Balaban J connectivity index is 1.54.